The number of nitrogens with zero attached hydrogens (tertiary/aromatic N) is 3. The SMILES string of the molecule is CCN(CC)C(=O)CN1CCN(CC(O)COc2cccc(C)c2)CC1. The fourth-order valence-electron chi connectivity index (χ4n) is 3.25. The molecule has 6 heteroatoms. The van der Waals surface area contributed by atoms with E-state index < -0.39 is 6.10 Å². The zero-order chi connectivity index (χ0) is 18.9. The van der Waals surface area contributed by atoms with Gasteiger partial charge in [0.25, 0.3) is 0 Å². The highest BCUT2D eigenvalue weighted by molar-refractivity contribution is 5.78. The molecule has 0 bridgehead atoms. The molecule has 1 fully saturated rings. The average molecular weight is 364 g/mol. The lowest BCUT2D eigenvalue weighted by atomic mass is 10.2. The van der Waals surface area contributed by atoms with Crippen LogP contribution in [0, 0.1) is 6.92 Å². The Morgan fingerprint density at radius 2 is 1.85 bits per heavy atom. The second-order valence-electron chi connectivity index (χ2n) is 6.92. The van der Waals surface area contributed by atoms with E-state index in [1.165, 1.54) is 0 Å². The number of likely N-dealkylation sites (N-methyl/N-ethyl adjacent to an activating group) is 1. The van der Waals surface area contributed by atoms with E-state index in [-0.39, 0.29) is 5.91 Å². The molecule has 1 aliphatic rings. The minimum absolute atomic E-state index is 0.204. The molecular weight excluding hydrogens is 330 g/mol. The van der Waals surface area contributed by atoms with Gasteiger partial charge in [-0.3, -0.25) is 14.6 Å². The smallest absolute Gasteiger partial charge is 0.236 e. The molecule has 1 N–H and O–H groups in total. The van der Waals surface area contributed by atoms with E-state index in [1.807, 2.05) is 49.9 Å². The van der Waals surface area contributed by atoms with Crippen LogP contribution in [0.3, 0.4) is 0 Å². The van der Waals surface area contributed by atoms with Crippen LogP contribution in [-0.4, -0.2) is 90.8 Å². The second-order valence-corrected chi connectivity index (χ2v) is 6.92. The number of rotatable bonds is 9. The van der Waals surface area contributed by atoms with Crippen LogP contribution in [0.15, 0.2) is 24.3 Å². The molecule has 1 aromatic rings. The number of carbonyl (C=O) groups is 1. The van der Waals surface area contributed by atoms with Crippen LogP contribution in [0.1, 0.15) is 19.4 Å². The highest BCUT2D eigenvalue weighted by Gasteiger charge is 2.22. The molecule has 0 saturated carbocycles. The number of hydrogen-bond donors (Lipinski definition) is 1. The number of ether oxygens (including phenoxy) is 1. The fourth-order valence-corrected chi connectivity index (χ4v) is 3.25. The summed E-state index contributed by atoms with van der Waals surface area (Å²) >= 11 is 0. The third kappa shape index (κ3) is 6.59. The van der Waals surface area contributed by atoms with Crippen LogP contribution in [0.5, 0.6) is 5.75 Å². The molecule has 0 spiro atoms. The van der Waals surface area contributed by atoms with E-state index in [0.717, 1.165) is 50.6 Å². The molecular formula is C20H33N3O3. The number of β-amino-alcohol motifs (C(OH)–C–C–N with tert-alkyl or cyclic N) is 1. The number of aliphatic hydroxyl groups is 1. The van der Waals surface area contributed by atoms with Gasteiger partial charge in [0.1, 0.15) is 18.5 Å². The summed E-state index contributed by atoms with van der Waals surface area (Å²) < 4.78 is 5.68. The number of hydrogen-bond acceptors (Lipinski definition) is 5. The summed E-state index contributed by atoms with van der Waals surface area (Å²) in [5, 5.41) is 10.2. The molecule has 1 atom stereocenters. The van der Waals surface area contributed by atoms with Gasteiger partial charge in [-0.05, 0) is 38.5 Å². The molecule has 26 heavy (non-hydrogen) atoms. The molecule has 1 amide bonds. The summed E-state index contributed by atoms with van der Waals surface area (Å²) in [6, 6.07) is 7.85. The van der Waals surface area contributed by atoms with Gasteiger partial charge in [-0.15, -0.1) is 0 Å². The summed E-state index contributed by atoms with van der Waals surface area (Å²) in [6.07, 6.45) is -0.514. The predicted molar refractivity (Wildman–Crippen MR) is 103 cm³/mol. The van der Waals surface area contributed by atoms with Gasteiger partial charge >= 0.3 is 0 Å². The Morgan fingerprint density at radius 3 is 2.46 bits per heavy atom. The summed E-state index contributed by atoms with van der Waals surface area (Å²) in [5.74, 6) is 0.999. The first-order valence-electron chi connectivity index (χ1n) is 9.61. The van der Waals surface area contributed by atoms with Crippen molar-refractivity contribution in [1.29, 1.82) is 0 Å². The maximum Gasteiger partial charge on any atom is 0.236 e. The van der Waals surface area contributed by atoms with Crippen molar-refractivity contribution < 1.29 is 14.6 Å². The fraction of sp³-hybridized carbons (Fsp3) is 0.650. The van der Waals surface area contributed by atoms with Gasteiger partial charge in [0.2, 0.25) is 5.91 Å². The molecule has 6 nitrogen and oxygen atoms in total. The van der Waals surface area contributed by atoms with Crippen LogP contribution in [0.25, 0.3) is 0 Å². The van der Waals surface area contributed by atoms with Gasteiger partial charge < -0.3 is 14.7 Å². The summed E-state index contributed by atoms with van der Waals surface area (Å²) in [7, 11) is 0. The first-order chi connectivity index (χ1) is 12.5. The number of carbonyl (C=O) groups excluding carboxylic acids is 1. The quantitative estimate of drug-likeness (QED) is 0.715. The van der Waals surface area contributed by atoms with Crippen molar-refractivity contribution in [3.05, 3.63) is 29.8 Å². The van der Waals surface area contributed by atoms with Crippen molar-refractivity contribution in [3.63, 3.8) is 0 Å². The standard InChI is InChI=1S/C20H33N3O3/c1-4-23(5-2)20(25)15-22-11-9-21(10-12-22)14-18(24)16-26-19-8-6-7-17(3)13-19/h6-8,13,18,24H,4-5,9-12,14-16H2,1-3H3. The highest BCUT2D eigenvalue weighted by atomic mass is 16.5. The molecule has 1 heterocycles. The minimum Gasteiger partial charge on any atom is -0.491 e. The third-order valence-corrected chi connectivity index (χ3v) is 4.84. The van der Waals surface area contributed by atoms with Crippen LogP contribution in [0.2, 0.25) is 0 Å². The summed E-state index contributed by atoms with van der Waals surface area (Å²) in [6.45, 7) is 12.4. The predicted octanol–water partition coefficient (Wildman–Crippen LogP) is 1.22. The molecule has 146 valence electrons. The Kier molecular flexibility index (Phi) is 8.35. The largest absolute Gasteiger partial charge is 0.491 e. The van der Waals surface area contributed by atoms with Crippen LogP contribution in [-0.2, 0) is 4.79 Å². The lowest BCUT2D eigenvalue weighted by molar-refractivity contribution is -0.132. The molecule has 1 aliphatic heterocycles. The summed E-state index contributed by atoms with van der Waals surface area (Å²) in [5.41, 5.74) is 1.15. The lowest BCUT2D eigenvalue weighted by Gasteiger charge is -2.36. The van der Waals surface area contributed by atoms with E-state index in [4.69, 9.17) is 4.74 Å². The van der Waals surface area contributed by atoms with E-state index >= 15 is 0 Å². The Labute approximate surface area is 157 Å². The zero-order valence-corrected chi connectivity index (χ0v) is 16.4. The van der Waals surface area contributed by atoms with Crippen LogP contribution >= 0.6 is 0 Å². The number of aryl methyl sites for hydroxylation is 1. The Bertz CT molecular complexity index is 555. The molecule has 1 aromatic carbocycles. The molecule has 0 aliphatic carbocycles. The molecule has 0 radical (unpaired) electrons. The number of aliphatic hydroxyl groups excluding tert-OH is 1. The maximum absolute atomic E-state index is 12.2. The van der Waals surface area contributed by atoms with Gasteiger partial charge in [0, 0.05) is 45.8 Å². The molecule has 1 saturated heterocycles. The van der Waals surface area contributed by atoms with E-state index in [9.17, 15) is 9.90 Å². The molecule has 2 rings (SSSR count). The van der Waals surface area contributed by atoms with E-state index in [0.29, 0.717) is 19.7 Å². The monoisotopic (exact) mass is 363 g/mol. The van der Waals surface area contributed by atoms with Gasteiger partial charge in [-0.1, -0.05) is 12.1 Å². The summed E-state index contributed by atoms with van der Waals surface area (Å²) in [4.78, 5) is 18.5. The van der Waals surface area contributed by atoms with Crippen molar-refractivity contribution in [3.8, 4) is 5.75 Å². The van der Waals surface area contributed by atoms with Gasteiger partial charge in [-0.25, -0.2) is 0 Å². The van der Waals surface area contributed by atoms with Gasteiger partial charge in [-0.2, -0.15) is 0 Å². The number of piperazine rings is 1. The van der Waals surface area contributed by atoms with Crippen molar-refractivity contribution in [1.82, 2.24) is 14.7 Å². The Morgan fingerprint density at radius 1 is 1.19 bits per heavy atom. The zero-order valence-electron chi connectivity index (χ0n) is 16.4. The van der Waals surface area contributed by atoms with Crippen LogP contribution < -0.4 is 4.74 Å². The number of amides is 1. The van der Waals surface area contributed by atoms with Crippen molar-refractivity contribution in [2.75, 3.05) is 59.0 Å². The first-order valence-corrected chi connectivity index (χ1v) is 9.61. The minimum atomic E-state index is -0.514. The Balaban J connectivity index is 1.67. The highest BCUT2D eigenvalue weighted by Crippen LogP contribution is 2.13. The average Bonchev–Trinajstić information content (AvgIpc) is 2.63. The second kappa shape index (κ2) is 10.5. The molecule has 0 aromatic heterocycles. The van der Waals surface area contributed by atoms with Gasteiger partial charge in [0.15, 0.2) is 0 Å². The van der Waals surface area contributed by atoms with Crippen molar-refractivity contribution in [2.24, 2.45) is 0 Å². The first kappa shape index (κ1) is 20.7. The normalized spacial score (nSPS) is 17.1. The number of benzene rings is 1. The van der Waals surface area contributed by atoms with Gasteiger partial charge in [0.05, 0.1) is 6.54 Å². The van der Waals surface area contributed by atoms with E-state index in [2.05, 4.69) is 9.80 Å². The maximum atomic E-state index is 12.2. The molecule has 1 unspecified atom stereocenters. The van der Waals surface area contributed by atoms with E-state index in [1.54, 1.807) is 0 Å². The Hall–Kier alpha value is -1.63. The van der Waals surface area contributed by atoms with Crippen molar-refractivity contribution in [2.45, 2.75) is 26.9 Å². The van der Waals surface area contributed by atoms with Crippen LogP contribution in [0.4, 0.5) is 0 Å². The lowest BCUT2D eigenvalue weighted by Crippen LogP contribution is -2.51. The topological polar surface area (TPSA) is 56.3 Å². The van der Waals surface area contributed by atoms with Crippen molar-refractivity contribution >= 4 is 5.91 Å². The third-order valence-electron chi connectivity index (χ3n) is 4.84.